The Morgan fingerprint density at radius 3 is 2.55 bits per heavy atom. The van der Waals surface area contributed by atoms with Crippen molar-refractivity contribution < 1.29 is 26.4 Å². The first kappa shape index (κ1) is 16.8. The number of nitrogens with one attached hydrogen (secondary N) is 1. The Bertz CT molecular complexity index is 673. The van der Waals surface area contributed by atoms with Crippen LogP contribution in [0.3, 0.4) is 0 Å². The van der Waals surface area contributed by atoms with Gasteiger partial charge in [0.1, 0.15) is 0 Å². The number of hydrogen-bond donors (Lipinski definition) is 2. The molecular formula is C13H15F3N2O3S. The van der Waals surface area contributed by atoms with Gasteiger partial charge in [-0.1, -0.05) is 18.2 Å². The summed E-state index contributed by atoms with van der Waals surface area (Å²) in [5.74, 6) is -1.92. The predicted molar refractivity (Wildman–Crippen MR) is 73.3 cm³/mol. The number of sulfonamides is 1. The van der Waals surface area contributed by atoms with Crippen LogP contribution in [-0.2, 0) is 21.0 Å². The minimum atomic E-state index is -4.46. The molecule has 1 aromatic rings. The number of primary sulfonamides is 1. The van der Waals surface area contributed by atoms with Gasteiger partial charge in [0, 0.05) is 12.5 Å². The van der Waals surface area contributed by atoms with Crippen LogP contribution in [0.25, 0.3) is 0 Å². The molecule has 122 valence electrons. The number of carbonyl (C=O) groups excluding carboxylic acids is 1. The molecule has 0 saturated heterocycles. The van der Waals surface area contributed by atoms with Crippen LogP contribution in [0, 0.1) is 5.92 Å². The number of hydrogen-bond acceptors (Lipinski definition) is 3. The fourth-order valence-electron chi connectivity index (χ4n) is 2.35. The van der Waals surface area contributed by atoms with Crippen molar-refractivity contribution in [3.05, 3.63) is 35.4 Å². The van der Waals surface area contributed by atoms with Crippen molar-refractivity contribution in [3.8, 4) is 0 Å². The Balaban J connectivity index is 2.00. The summed E-state index contributed by atoms with van der Waals surface area (Å²) in [6.45, 7) is -0.151. The van der Waals surface area contributed by atoms with Gasteiger partial charge in [-0.05, 0) is 24.0 Å². The molecule has 0 spiro atoms. The second-order valence-corrected chi connectivity index (χ2v) is 6.93. The van der Waals surface area contributed by atoms with Crippen LogP contribution >= 0.6 is 0 Å². The van der Waals surface area contributed by atoms with Gasteiger partial charge >= 0.3 is 6.18 Å². The first-order valence-electron chi connectivity index (χ1n) is 6.54. The second kappa shape index (κ2) is 5.88. The fraction of sp³-hybridized carbons (Fsp3) is 0.462. The monoisotopic (exact) mass is 336 g/mol. The van der Waals surface area contributed by atoms with E-state index in [1.807, 2.05) is 0 Å². The highest BCUT2D eigenvalue weighted by molar-refractivity contribution is 7.89. The zero-order valence-electron chi connectivity index (χ0n) is 11.4. The molecule has 22 heavy (non-hydrogen) atoms. The van der Waals surface area contributed by atoms with E-state index in [2.05, 4.69) is 5.32 Å². The van der Waals surface area contributed by atoms with E-state index < -0.39 is 45.3 Å². The number of alkyl halides is 3. The smallest absolute Gasteiger partial charge is 0.355 e. The molecule has 0 bridgehead atoms. The van der Waals surface area contributed by atoms with Crippen LogP contribution in [0.4, 0.5) is 13.2 Å². The Hall–Kier alpha value is -1.61. The third-order valence-corrected chi connectivity index (χ3v) is 4.25. The number of benzene rings is 1. The molecule has 1 amide bonds. The van der Waals surface area contributed by atoms with Gasteiger partial charge in [-0.3, -0.25) is 4.79 Å². The Labute approximate surface area is 125 Å². The van der Waals surface area contributed by atoms with Crippen LogP contribution in [-0.4, -0.2) is 26.6 Å². The van der Waals surface area contributed by atoms with Crippen molar-refractivity contribution in [2.75, 3.05) is 12.3 Å². The molecule has 0 radical (unpaired) electrons. The Morgan fingerprint density at radius 1 is 1.32 bits per heavy atom. The van der Waals surface area contributed by atoms with E-state index >= 15 is 0 Å². The molecule has 2 atom stereocenters. The number of amides is 1. The van der Waals surface area contributed by atoms with Crippen molar-refractivity contribution >= 4 is 15.9 Å². The lowest BCUT2D eigenvalue weighted by atomic mass is 10.0. The van der Waals surface area contributed by atoms with E-state index in [4.69, 9.17) is 5.14 Å². The van der Waals surface area contributed by atoms with Gasteiger partial charge in [0.05, 0.1) is 11.3 Å². The standard InChI is InChI=1S/C13H15F3N2O3S/c14-13(15,16)11-4-2-1-3-8(11)9-7-10(9)12(19)18-5-6-22(17,20)21/h1-4,9-10H,5-7H2,(H,18,19)(H2,17,20,21)/t9-,10+/m0/s1. The quantitative estimate of drug-likeness (QED) is 0.847. The molecule has 0 unspecified atom stereocenters. The average molecular weight is 336 g/mol. The van der Waals surface area contributed by atoms with Gasteiger partial charge in [0.15, 0.2) is 0 Å². The molecule has 0 heterocycles. The molecule has 9 heteroatoms. The summed E-state index contributed by atoms with van der Waals surface area (Å²) in [6, 6.07) is 5.16. The van der Waals surface area contributed by atoms with Crippen LogP contribution in [0.2, 0.25) is 0 Å². The average Bonchev–Trinajstić information content (AvgIpc) is 3.16. The van der Waals surface area contributed by atoms with E-state index in [-0.39, 0.29) is 12.1 Å². The van der Waals surface area contributed by atoms with E-state index in [1.54, 1.807) is 0 Å². The van der Waals surface area contributed by atoms with Crippen LogP contribution in [0.15, 0.2) is 24.3 Å². The molecule has 1 saturated carbocycles. The second-order valence-electron chi connectivity index (χ2n) is 5.19. The van der Waals surface area contributed by atoms with Crippen molar-refractivity contribution in [2.45, 2.75) is 18.5 Å². The topological polar surface area (TPSA) is 89.3 Å². The van der Waals surface area contributed by atoms with Gasteiger partial charge in [-0.2, -0.15) is 13.2 Å². The fourth-order valence-corrected chi connectivity index (χ4v) is 2.74. The van der Waals surface area contributed by atoms with Crippen LogP contribution < -0.4 is 10.5 Å². The summed E-state index contributed by atoms with van der Waals surface area (Å²) in [5.41, 5.74) is -0.638. The van der Waals surface area contributed by atoms with E-state index in [0.29, 0.717) is 6.42 Å². The number of nitrogens with two attached hydrogens (primary N) is 1. The summed E-state index contributed by atoms with van der Waals surface area (Å²) in [5, 5.41) is 7.18. The van der Waals surface area contributed by atoms with Gasteiger partial charge in [-0.25, -0.2) is 13.6 Å². The molecule has 0 aromatic heterocycles. The van der Waals surface area contributed by atoms with Gasteiger partial charge in [0.25, 0.3) is 0 Å². The number of halogens is 3. The lowest BCUT2D eigenvalue weighted by Gasteiger charge is -2.12. The molecule has 0 aliphatic heterocycles. The molecule has 1 fully saturated rings. The maximum absolute atomic E-state index is 12.9. The lowest BCUT2D eigenvalue weighted by molar-refractivity contribution is -0.138. The minimum Gasteiger partial charge on any atom is -0.355 e. The Kier molecular flexibility index (Phi) is 4.48. The third-order valence-electron chi connectivity index (χ3n) is 3.48. The zero-order chi connectivity index (χ0) is 16.5. The first-order chi connectivity index (χ1) is 10.1. The number of rotatable bonds is 5. The number of carbonyl (C=O) groups is 1. The molecule has 1 aliphatic rings. The highest BCUT2D eigenvalue weighted by Crippen LogP contribution is 2.50. The van der Waals surface area contributed by atoms with Crippen molar-refractivity contribution in [1.82, 2.24) is 5.32 Å². The van der Waals surface area contributed by atoms with E-state index in [0.717, 1.165) is 6.07 Å². The zero-order valence-corrected chi connectivity index (χ0v) is 12.2. The minimum absolute atomic E-state index is 0.0987. The van der Waals surface area contributed by atoms with Crippen molar-refractivity contribution in [2.24, 2.45) is 11.1 Å². The molecule has 2 rings (SSSR count). The SMILES string of the molecule is NS(=O)(=O)CCNC(=O)[C@@H]1C[C@H]1c1ccccc1C(F)(F)F. The molecule has 1 aromatic carbocycles. The van der Waals surface area contributed by atoms with Crippen molar-refractivity contribution in [1.29, 1.82) is 0 Å². The van der Waals surface area contributed by atoms with Gasteiger partial charge < -0.3 is 5.32 Å². The van der Waals surface area contributed by atoms with Crippen LogP contribution in [0.1, 0.15) is 23.5 Å². The summed E-state index contributed by atoms with van der Waals surface area (Å²) in [7, 11) is -3.68. The normalized spacial score (nSPS) is 21.5. The summed E-state index contributed by atoms with van der Waals surface area (Å²) >= 11 is 0. The highest BCUT2D eigenvalue weighted by atomic mass is 32.2. The summed E-state index contributed by atoms with van der Waals surface area (Å²) < 4.78 is 60.2. The van der Waals surface area contributed by atoms with Crippen molar-refractivity contribution in [3.63, 3.8) is 0 Å². The summed E-state index contributed by atoms with van der Waals surface area (Å²) in [6.07, 6.45) is -4.15. The van der Waals surface area contributed by atoms with E-state index in [9.17, 15) is 26.4 Å². The maximum atomic E-state index is 12.9. The third kappa shape index (κ3) is 4.20. The summed E-state index contributed by atoms with van der Waals surface area (Å²) in [4.78, 5) is 11.8. The first-order valence-corrected chi connectivity index (χ1v) is 8.25. The molecule has 5 nitrogen and oxygen atoms in total. The molecule has 3 N–H and O–H groups in total. The Morgan fingerprint density at radius 2 is 1.95 bits per heavy atom. The lowest BCUT2D eigenvalue weighted by Crippen LogP contribution is -2.32. The molecular weight excluding hydrogens is 321 g/mol. The highest BCUT2D eigenvalue weighted by Gasteiger charge is 2.47. The largest absolute Gasteiger partial charge is 0.416 e. The molecule has 1 aliphatic carbocycles. The van der Waals surface area contributed by atoms with Gasteiger partial charge in [0.2, 0.25) is 15.9 Å². The maximum Gasteiger partial charge on any atom is 0.416 e. The van der Waals surface area contributed by atoms with E-state index in [1.165, 1.54) is 18.2 Å². The van der Waals surface area contributed by atoms with Gasteiger partial charge in [-0.15, -0.1) is 0 Å². The predicted octanol–water partition coefficient (Wildman–Crippen LogP) is 1.21. The van der Waals surface area contributed by atoms with Crippen LogP contribution in [0.5, 0.6) is 0 Å².